The molecule has 0 saturated heterocycles. The van der Waals surface area contributed by atoms with Crippen molar-refractivity contribution >= 4 is 110 Å². The fraction of sp³-hybridized carbons (Fsp3) is 0. The molecule has 0 aliphatic carbocycles. The van der Waals surface area contributed by atoms with Crippen molar-refractivity contribution in [1.82, 2.24) is 0 Å². The molecule has 0 saturated carbocycles. The Morgan fingerprint density at radius 3 is 0.750 bits per heavy atom. The summed E-state index contributed by atoms with van der Waals surface area (Å²) in [5, 5.41) is 0. The average Bonchev–Trinajstić information content (AvgIpc) is 0. The zero-order valence-electron chi connectivity index (χ0n) is 3.30. The average molecular weight is 149 g/mol. The summed E-state index contributed by atoms with van der Waals surface area (Å²) < 4.78 is 0. The van der Waals surface area contributed by atoms with E-state index in [0.717, 1.165) is 0 Å². The predicted octanol–water partition coefficient (Wildman–Crippen LogP) is -1.14. The predicted molar refractivity (Wildman–Crippen MR) is 17.3 cm³/mol. The van der Waals surface area contributed by atoms with E-state index >= 15 is 0 Å². The van der Waals surface area contributed by atoms with Gasteiger partial charge in [0.1, 0.15) is 0 Å². The molecule has 4 heteroatoms. The Labute approximate surface area is 124 Å². The maximum atomic E-state index is 0. The number of hydrogen-bond acceptors (Lipinski definition) is 0. The van der Waals surface area contributed by atoms with Crippen LogP contribution in [0.1, 0.15) is 0 Å². The molecule has 0 aliphatic rings. The van der Waals surface area contributed by atoms with Crippen molar-refractivity contribution in [2.24, 2.45) is 0 Å². The Kier molecular flexibility index (Phi) is 94.9. The van der Waals surface area contributed by atoms with Crippen LogP contribution in [-0.2, 0) is 17.1 Å². The first kappa shape index (κ1) is 24.2. The molecule has 14 valence electrons. The summed E-state index contributed by atoms with van der Waals surface area (Å²) in [7, 11) is 0. The zero-order valence-corrected chi connectivity index (χ0v) is 11.4. The molecule has 0 rings (SSSR count). The van der Waals surface area contributed by atoms with E-state index in [1.807, 2.05) is 0 Å². The van der Waals surface area contributed by atoms with Gasteiger partial charge in [0.15, 0.2) is 0 Å². The van der Waals surface area contributed by atoms with Crippen LogP contribution < -0.4 is 0 Å². The van der Waals surface area contributed by atoms with Crippen molar-refractivity contribution in [1.29, 1.82) is 0 Å². The maximum Gasteiger partial charge on any atom is 0 e. The van der Waals surface area contributed by atoms with Gasteiger partial charge in [-0.15, -0.1) is 0 Å². The minimum Gasteiger partial charge on any atom is 0 e. The third kappa shape index (κ3) is 9.47. The van der Waals surface area contributed by atoms with Crippen LogP contribution in [0, 0.1) is 0 Å². The topological polar surface area (TPSA) is 0 Å². The molecular formula is CuKNa2. The van der Waals surface area contributed by atoms with Crippen molar-refractivity contribution in [3.05, 3.63) is 0 Å². The maximum absolute atomic E-state index is 0. The van der Waals surface area contributed by atoms with Crippen molar-refractivity contribution in [3.8, 4) is 0 Å². The van der Waals surface area contributed by atoms with Gasteiger partial charge in [0, 0.05) is 128 Å². The SMILES string of the molecule is [Cu].[K].[Na].[Na]. The molecule has 0 aliphatic heterocycles. The van der Waals surface area contributed by atoms with E-state index in [-0.39, 0.29) is 128 Å². The molecule has 0 spiro atoms. The quantitative estimate of drug-likeness (QED) is 0.381. The third-order valence-electron chi connectivity index (χ3n) is 0. The van der Waals surface area contributed by atoms with E-state index in [1.54, 1.807) is 0 Å². The molecule has 0 atom stereocenters. The van der Waals surface area contributed by atoms with Gasteiger partial charge in [-0.05, 0) is 0 Å². The summed E-state index contributed by atoms with van der Waals surface area (Å²) in [4.78, 5) is 0. The first-order valence-electron chi connectivity index (χ1n) is 0. The summed E-state index contributed by atoms with van der Waals surface area (Å²) in [6.07, 6.45) is 0. The van der Waals surface area contributed by atoms with Crippen molar-refractivity contribution < 1.29 is 17.1 Å². The van der Waals surface area contributed by atoms with E-state index in [9.17, 15) is 0 Å². The third-order valence-corrected chi connectivity index (χ3v) is 0. The monoisotopic (exact) mass is 148 g/mol. The van der Waals surface area contributed by atoms with Crippen molar-refractivity contribution in [2.45, 2.75) is 0 Å². The van der Waals surface area contributed by atoms with Crippen LogP contribution in [0.2, 0.25) is 0 Å². The van der Waals surface area contributed by atoms with Crippen LogP contribution in [0.25, 0.3) is 0 Å². The molecule has 0 N–H and O–H groups in total. The number of rotatable bonds is 0. The molecule has 4 heavy (non-hydrogen) atoms. The van der Waals surface area contributed by atoms with Gasteiger partial charge in [0.2, 0.25) is 0 Å². The fourth-order valence-corrected chi connectivity index (χ4v) is 0. The van der Waals surface area contributed by atoms with Crippen molar-refractivity contribution in [3.63, 3.8) is 0 Å². The molecule has 0 fully saturated rings. The second-order valence-corrected chi connectivity index (χ2v) is 0. The Morgan fingerprint density at radius 1 is 0.750 bits per heavy atom. The summed E-state index contributed by atoms with van der Waals surface area (Å²) in [6.45, 7) is 0. The molecule has 0 heterocycles. The molecule has 0 amide bonds. The smallest absolute Gasteiger partial charge is 0 e. The van der Waals surface area contributed by atoms with Gasteiger partial charge < -0.3 is 0 Å². The Hall–Kier alpha value is 4.16. The summed E-state index contributed by atoms with van der Waals surface area (Å²) in [6, 6.07) is 0. The molecule has 0 aromatic heterocycles. The molecule has 0 aromatic rings. The fourth-order valence-electron chi connectivity index (χ4n) is 0. The summed E-state index contributed by atoms with van der Waals surface area (Å²) in [5.74, 6) is 0. The van der Waals surface area contributed by atoms with Gasteiger partial charge in [-0.2, -0.15) is 0 Å². The largest absolute Gasteiger partial charge is 0 e. The van der Waals surface area contributed by atoms with Crippen LogP contribution in [0.5, 0.6) is 0 Å². The number of hydrogen-bond donors (Lipinski definition) is 0. The van der Waals surface area contributed by atoms with E-state index in [2.05, 4.69) is 0 Å². The first-order chi connectivity index (χ1) is 0. The minimum atomic E-state index is 0. The molecule has 0 bridgehead atoms. The van der Waals surface area contributed by atoms with Gasteiger partial charge in [0.25, 0.3) is 0 Å². The molecular weight excluding hydrogens is 149 g/mol. The Balaban J connectivity index is 0. The van der Waals surface area contributed by atoms with Gasteiger partial charge in [-0.3, -0.25) is 0 Å². The van der Waals surface area contributed by atoms with E-state index in [4.69, 9.17) is 0 Å². The van der Waals surface area contributed by atoms with Crippen molar-refractivity contribution in [2.75, 3.05) is 0 Å². The van der Waals surface area contributed by atoms with Crippen LogP contribution in [-0.4, -0.2) is 110 Å². The molecule has 4 radical (unpaired) electrons. The zero-order chi connectivity index (χ0) is 0. The van der Waals surface area contributed by atoms with Crippen LogP contribution in [0.4, 0.5) is 0 Å². The summed E-state index contributed by atoms with van der Waals surface area (Å²) in [5.41, 5.74) is 0. The van der Waals surface area contributed by atoms with Gasteiger partial charge in [-0.1, -0.05) is 0 Å². The van der Waals surface area contributed by atoms with Gasteiger partial charge in [-0.25, -0.2) is 0 Å². The van der Waals surface area contributed by atoms with Gasteiger partial charge >= 0.3 is 0 Å². The van der Waals surface area contributed by atoms with E-state index < -0.39 is 0 Å². The normalized spacial score (nSPS) is 0. The standard InChI is InChI=1S/Cu.K.2Na. The molecule has 0 aromatic carbocycles. The van der Waals surface area contributed by atoms with E-state index in [1.165, 1.54) is 0 Å². The van der Waals surface area contributed by atoms with Crippen LogP contribution in [0.3, 0.4) is 0 Å². The first-order valence-corrected chi connectivity index (χ1v) is 0. The molecule has 0 nitrogen and oxygen atoms in total. The van der Waals surface area contributed by atoms with Crippen LogP contribution in [0.15, 0.2) is 0 Å². The van der Waals surface area contributed by atoms with Crippen LogP contribution >= 0.6 is 0 Å². The second kappa shape index (κ2) is 15.7. The summed E-state index contributed by atoms with van der Waals surface area (Å²) >= 11 is 0. The minimum absolute atomic E-state index is 0. The Morgan fingerprint density at radius 2 is 0.750 bits per heavy atom. The van der Waals surface area contributed by atoms with E-state index in [0.29, 0.717) is 0 Å². The molecule has 0 unspecified atom stereocenters. The van der Waals surface area contributed by atoms with Gasteiger partial charge in [0.05, 0.1) is 0 Å². The Bertz CT molecular complexity index is 6.00. The second-order valence-electron chi connectivity index (χ2n) is 0.